The van der Waals surface area contributed by atoms with Crippen molar-refractivity contribution >= 4 is 17.0 Å². The Hall–Kier alpha value is -1.55. The van der Waals surface area contributed by atoms with Crippen LogP contribution in [0.15, 0.2) is 24.3 Å². The van der Waals surface area contributed by atoms with Crippen LogP contribution in [0.4, 0.5) is 5.95 Å². The summed E-state index contributed by atoms with van der Waals surface area (Å²) in [7, 11) is 4.15. The van der Waals surface area contributed by atoms with Crippen LogP contribution in [0.3, 0.4) is 0 Å². The number of hydrogen-bond acceptors (Lipinski definition) is 3. The number of nitrogens with one attached hydrogen (secondary N) is 1. The van der Waals surface area contributed by atoms with E-state index in [-0.39, 0.29) is 0 Å². The average Bonchev–Trinajstić information content (AvgIpc) is 2.66. The molecule has 1 aromatic carbocycles. The van der Waals surface area contributed by atoms with E-state index in [1.54, 1.807) is 0 Å². The van der Waals surface area contributed by atoms with E-state index in [0.29, 0.717) is 6.04 Å². The van der Waals surface area contributed by atoms with Crippen molar-refractivity contribution in [3.05, 3.63) is 24.3 Å². The maximum Gasteiger partial charge on any atom is 0.204 e. The van der Waals surface area contributed by atoms with Crippen molar-refractivity contribution in [2.45, 2.75) is 19.9 Å². The summed E-state index contributed by atoms with van der Waals surface area (Å²) in [5.41, 5.74) is 2.25. The molecule has 4 nitrogen and oxygen atoms in total. The molecule has 0 saturated carbocycles. The van der Waals surface area contributed by atoms with Gasteiger partial charge >= 0.3 is 0 Å². The molecule has 0 saturated heterocycles. The number of imidazole rings is 1. The van der Waals surface area contributed by atoms with Crippen LogP contribution >= 0.6 is 0 Å². The topological polar surface area (TPSA) is 33.1 Å². The zero-order chi connectivity index (χ0) is 13.1. The van der Waals surface area contributed by atoms with Crippen LogP contribution in [0.5, 0.6) is 0 Å². The lowest BCUT2D eigenvalue weighted by Gasteiger charge is -2.15. The molecule has 18 heavy (non-hydrogen) atoms. The molecule has 0 bridgehead atoms. The Kier molecular flexibility index (Phi) is 3.87. The van der Waals surface area contributed by atoms with Crippen LogP contribution in [0.25, 0.3) is 11.0 Å². The van der Waals surface area contributed by atoms with Crippen molar-refractivity contribution in [2.75, 3.05) is 32.5 Å². The first kappa shape index (κ1) is 12.9. The Bertz CT molecular complexity index is 513. The Morgan fingerprint density at radius 1 is 1.28 bits per heavy atom. The fourth-order valence-corrected chi connectivity index (χ4v) is 2.08. The van der Waals surface area contributed by atoms with E-state index >= 15 is 0 Å². The fraction of sp³-hybridized carbons (Fsp3) is 0.500. The molecule has 0 radical (unpaired) electrons. The van der Waals surface area contributed by atoms with Crippen molar-refractivity contribution in [1.82, 2.24) is 14.5 Å². The molecule has 0 aliphatic heterocycles. The second kappa shape index (κ2) is 5.40. The molecule has 0 atom stereocenters. The first-order valence-corrected chi connectivity index (χ1v) is 6.45. The zero-order valence-corrected chi connectivity index (χ0v) is 11.6. The maximum atomic E-state index is 4.66. The SMILES string of the molecule is CC(C)n1c(NCCN(C)C)nc2ccccc21. The lowest BCUT2D eigenvalue weighted by Crippen LogP contribution is -2.22. The van der Waals surface area contributed by atoms with Gasteiger partial charge in [0.15, 0.2) is 0 Å². The molecule has 1 aromatic heterocycles. The molecular formula is C14H22N4. The number of benzene rings is 1. The molecule has 0 unspecified atom stereocenters. The molecule has 2 aromatic rings. The molecule has 0 aliphatic rings. The summed E-state index contributed by atoms with van der Waals surface area (Å²) in [6.07, 6.45) is 0. The Balaban J connectivity index is 2.28. The van der Waals surface area contributed by atoms with Crippen LogP contribution in [0.1, 0.15) is 19.9 Å². The number of likely N-dealkylation sites (N-methyl/N-ethyl adjacent to an activating group) is 1. The number of anilines is 1. The number of hydrogen-bond donors (Lipinski definition) is 1. The van der Waals surface area contributed by atoms with E-state index in [0.717, 1.165) is 24.6 Å². The van der Waals surface area contributed by atoms with Crippen LogP contribution in [-0.4, -0.2) is 41.6 Å². The van der Waals surface area contributed by atoms with Gasteiger partial charge in [0.2, 0.25) is 5.95 Å². The molecule has 1 heterocycles. The zero-order valence-electron chi connectivity index (χ0n) is 11.6. The van der Waals surface area contributed by atoms with E-state index in [1.807, 2.05) is 6.07 Å². The molecule has 1 N–H and O–H groups in total. The van der Waals surface area contributed by atoms with E-state index in [1.165, 1.54) is 5.52 Å². The highest BCUT2D eigenvalue weighted by Gasteiger charge is 2.12. The Morgan fingerprint density at radius 2 is 2.00 bits per heavy atom. The van der Waals surface area contributed by atoms with E-state index in [2.05, 4.69) is 65.9 Å². The summed E-state index contributed by atoms with van der Waals surface area (Å²) < 4.78 is 2.25. The third kappa shape index (κ3) is 2.64. The largest absolute Gasteiger partial charge is 0.354 e. The quantitative estimate of drug-likeness (QED) is 0.880. The molecule has 0 spiro atoms. The van der Waals surface area contributed by atoms with Gasteiger partial charge in [-0.1, -0.05) is 12.1 Å². The van der Waals surface area contributed by atoms with Crippen LogP contribution in [0, 0.1) is 0 Å². The first-order chi connectivity index (χ1) is 8.59. The van der Waals surface area contributed by atoms with Gasteiger partial charge in [-0.15, -0.1) is 0 Å². The third-order valence-corrected chi connectivity index (χ3v) is 2.95. The van der Waals surface area contributed by atoms with E-state index in [4.69, 9.17) is 0 Å². The summed E-state index contributed by atoms with van der Waals surface area (Å²) in [6.45, 7) is 6.28. The number of rotatable bonds is 5. The van der Waals surface area contributed by atoms with Gasteiger partial charge in [-0.05, 0) is 40.1 Å². The van der Waals surface area contributed by atoms with Gasteiger partial charge in [0.05, 0.1) is 11.0 Å². The first-order valence-electron chi connectivity index (χ1n) is 6.45. The highest BCUT2D eigenvalue weighted by atomic mass is 15.2. The van der Waals surface area contributed by atoms with Gasteiger partial charge in [0, 0.05) is 19.1 Å². The van der Waals surface area contributed by atoms with Gasteiger partial charge in [-0.25, -0.2) is 4.98 Å². The lowest BCUT2D eigenvalue weighted by atomic mass is 10.3. The average molecular weight is 246 g/mol. The molecule has 4 heteroatoms. The van der Waals surface area contributed by atoms with Gasteiger partial charge < -0.3 is 14.8 Å². The van der Waals surface area contributed by atoms with Crippen LogP contribution in [0.2, 0.25) is 0 Å². The van der Waals surface area contributed by atoms with Crippen molar-refractivity contribution in [1.29, 1.82) is 0 Å². The summed E-state index contributed by atoms with van der Waals surface area (Å²) in [4.78, 5) is 6.83. The Labute approximate surface area is 109 Å². The lowest BCUT2D eigenvalue weighted by molar-refractivity contribution is 0.424. The minimum absolute atomic E-state index is 0.402. The summed E-state index contributed by atoms with van der Waals surface area (Å²) in [5, 5.41) is 3.43. The van der Waals surface area contributed by atoms with Crippen LogP contribution in [-0.2, 0) is 0 Å². The van der Waals surface area contributed by atoms with Crippen molar-refractivity contribution in [2.24, 2.45) is 0 Å². The fourth-order valence-electron chi connectivity index (χ4n) is 2.08. The molecule has 0 fully saturated rings. The van der Waals surface area contributed by atoms with Gasteiger partial charge in [-0.2, -0.15) is 0 Å². The predicted octanol–water partition coefficient (Wildman–Crippen LogP) is 2.59. The minimum Gasteiger partial charge on any atom is -0.354 e. The third-order valence-electron chi connectivity index (χ3n) is 2.95. The minimum atomic E-state index is 0.402. The van der Waals surface area contributed by atoms with E-state index < -0.39 is 0 Å². The summed E-state index contributed by atoms with van der Waals surface area (Å²) >= 11 is 0. The second-order valence-electron chi connectivity index (χ2n) is 5.12. The smallest absolute Gasteiger partial charge is 0.204 e. The number of fused-ring (bicyclic) bond motifs is 1. The molecule has 0 aliphatic carbocycles. The molecule has 0 amide bonds. The van der Waals surface area contributed by atoms with Gasteiger partial charge in [-0.3, -0.25) is 0 Å². The van der Waals surface area contributed by atoms with Crippen molar-refractivity contribution < 1.29 is 0 Å². The number of aromatic nitrogens is 2. The number of para-hydroxylation sites is 2. The highest BCUT2D eigenvalue weighted by molar-refractivity contribution is 5.78. The Morgan fingerprint density at radius 3 is 2.67 bits per heavy atom. The maximum absolute atomic E-state index is 4.66. The molecule has 2 rings (SSSR count). The van der Waals surface area contributed by atoms with E-state index in [9.17, 15) is 0 Å². The second-order valence-corrected chi connectivity index (χ2v) is 5.12. The predicted molar refractivity (Wildman–Crippen MR) is 77.2 cm³/mol. The van der Waals surface area contributed by atoms with Gasteiger partial charge in [0.1, 0.15) is 0 Å². The summed E-state index contributed by atoms with van der Waals surface area (Å²) in [5.74, 6) is 0.966. The van der Waals surface area contributed by atoms with Crippen molar-refractivity contribution in [3.8, 4) is 0 Å². The monoisotopic (exact) mass is 246 g/mol. The standard InChI is InChI=1S/C14H22N4/c1-11(2)18-13-8-6-5-7-12(13)16-14(18)15-9-10-17(3)4/h5-8,11H,9-10H2,1-4H3,(H,15,16). The van der Waals surface area contributed by atoms with Gasteiger partial charge in [0.25, 0.3) is 0 Å². The van der Waals surface area contributed by atoms with Crippen molar-refractivity contribution in [3.63, 3.8) is 0 Å². The summed E-state index contributed by atoms with van der Waals surface area (Å²) in [6, 6.07) is 8.68. The number of nitrogens with zero attached hydrogens (tertiary/aromatic N) is 3. The molecular weight excluding hydrogens is 224 g/mol. The van der Waals surface area contributed by atoms with Crippen LogP contribution < -0.4 is 5.32 Å². The normalized spacial score (nSPS) is 11.7. The molecule has 98 valence electrons. The highest BCUT2D eigenvalue weighted by Crippen LogP contribution is 2.23.